The van der Waals surface area contributed by atoms with E-state index < -0.39 is 0 Å². The number of aromatic nitrogens is 2. The maximum Gasteiger partial charge on any atom is 0.226 e. The molecular formula is C15H27N3O. The van der Waals surface area contributed by atoms with Crippen LogP contribution in [0.1, 0.15) is 70.0 Å². The summed E-state index contributed by atoms with van der Waals surface area (Å²) in [5, 5.41) is 4.18. The van der Waals surface area contributed by atoms with Crippen molar-refractivity contribution in [1.82, 2.24) is 10.1 Å². The van der Waals surface area contributed by atoms with Gasteiger partial charge in [-0.2, -0.15) is 4.98 Å². The van der Waals surface area contributed by atoms with E-state index in [2.05, 4.69) is 24.0 Å². The molecule has 108 valence electrons. The first kappa shape index (κ1) is 14.5. The molecule has 1 aromatic rings. The molecule has 1 aliphatic rings. The van der Waals surface area contributed by atoms with E-state index in [0.29, 0.717) is 11.8 Å². The van der Waals surface area contributed by atoms with Crippen molar-refractivity contribution in [3.63, 3.8) is 0 Å². The van der Waals surface area contributed by atoms with Crippen molar-refractivity contribution in [2.45, 2.75) is 64.7 Å². The molecule has 4 heteroatoms. The summed E-state index contributed by atoms with van der Waals surface area (Å²) < 4.78 is 5.38. The van der Waals surface area contributed by atoms with E-state index in [-0.39, 0.29) is 0 Å². The molecule has 0 aliphatic heterocycles. The fraction of sp³-hybridized carbons (Fsp3) is 0.867. The second-order valence-corrected chi connectivity index (χ2v) is 6.05. The van der Waals surface area contributed by atoms with Gasteiger partial charge in [0.05, 0.1) is 0 Å². The van der Waals surface area contributed by atoms with Gasteiger partial charge in [-0.1, -0.05) is 25.4 Å². The highest BCUT2D eigenvalue weighted by atomic mass is 16.5. The van der Waals surface area contributed by atoms with Crippen molar-refractivity contribution in [2.24, 2.45) is 17.6 Å². The number of nitrogens with zero attached hydrogens (tertiary/aromatic N) is 2. The lowest BCUT2D eigenvalue weighted by atomic mass is 10.0. The molecule has 2 rings (SSSR count). The summed E-state index contributed by atoms with van der Waals surface area (Å²) in [7, 11) is 0. The Morgan fingerprint density at radius 3 is 2.89 bits per heavy atom. The van der Waals surface area contributed by atoms with Crippen LogP contribution >= 0.6 is 0 Å². The fourth-order valence-corrected chi connectivity index (χ4v) is 3.01. The molecule has 2 N–H and O–H groups in total. The lowest BCUT2D eigenvalue weighted by Crippen LogP contribution is -2.06. The van der Waals surface area contributed by atoms with Crippen molar-refractivity contribution < 1.29 is 4.52 Å². The Morgan fingerprint density at radius 2 is 2.21 bits per heavy atom. The van der Waals surface area contributed by atoms with Crippen LogP contribution in [0.4, 0.5) is 0 Å². The molecule has 4 nitrogen and oxygen atoms in total. The van der Waals surface area contributed by atoms with Crippen LogP contribution < -0.4 is 5.73 Å². The minimum atomic E-state index is 0.531. The van der Waals surface area contributed by atoms with Gasteiger partial charge in [0.2, 0.25) is 5.89 Å². The number of rotatable bonds is 7. The van der Waals surface area contributed by atoms with E-state index >= 15 is 0 Å². The molecule has 0 spiro atoms. The van der Waals surface area contributed by atoms with E-state index in [1.165, 1.54) is 25.7 Å². The van der Waals surface area contributed by atoms with Gasteiger partial charge in [-0.25, -0.2) is 0 Å². The highest BCUT2D eigenvalue weighted by Crippen LogP contribution is 2.38. The average Bonchev–Trinajstić information content (AvgIpc) is 3.05. The Kier molecular flexibility index (Phi) is 5.37. The fourth-order valence-electron chi connectivity index (χ4n) is 3.01. The summed E-state index contributed by atoms with van der Waals surface area (Å²) in [6, 6.07) is 0. The Labute approximate surface area is 116 Å². The van der Waals surface area contributed by atoms with Gasteiger partial charge < -0.3 is 10.3 Å². The summed E-state index contributed by atoms with van der Waals surface area (Å²) in [4.78, 5) is 4.58. The van der Waals surface area contributed by atoms with Crippen LogP contribution in [0, 0.1) is 11.8 Å². The quantitative estimate of drug-likeness (QED) is 0.821. The molecule has 3 unspecified atom stereocenters. The van der Waals surface area contributed by atoms with E-state index in [1.807, 2.05) is 0 Å². The van der Waals surface area contributed by atoms with Crippen molar-refractivity contribution >= 4 is 0 Å². The number of hydrogen-bond acceptors (Lipinski definition) is 4. The highest BCUT2D eigenvalue weighted by Gasteiger charge is 2.28. The first-order valence-electron chi connectivity index (χ1n) is 7.75. The lowest BCUT2D eigenvalue weighted by molar-refractivity contribution is 0.355. The Balaban J connectivity index is 1.82. The molecule has 0 radical (unpaired) electrons. The zero-order chi connectivity index (χ0) is 13.7. The summed E-state index contributed by atoms with van der Waals surface area (Å²) in [6.07, 6.45) is 8.09. The molecule has 1 heterocycles. The first-order chi connectivity index (χ1) is 9.22. The van der Waals surface area contributed by atoms with Crippen LogP contribution in [0.3, 0.4) is 0 Å². The Hall–Kier alpha value is -0.900. The minimum absolute atomic E-state index is 0.531. The Bertz CT molecular complexity index is 377. The van der Waals surface area contributed by atoms with Crippen molar-refractivity contribution in [2.75, 3.05) is 6.54 Å². The van der Waals surface area contributed by atoms with Gasteiger partial charge in [0.15, 0.2) is 5.82 Å². The molecule has 0 aromatic carbocycles. The molecule has 0 saturated heterocycles. The van der Waals surface area contributed by atoms with E-state index in [4.69, 9.17) is 10.3 Å². The zero-order valence-corrected chi connectivity index (χ0v) is 12.3. The topological polar surface area (TPSA) is 64.9 Å². The van der Waals surface area contributed by atoms with Gasteiger partial charge in [-0.05, 0) is 50.5 Å². The standard InChI is InChI=1S/C15H27N3O/c1-3-12-5-6-13(10-12)15-17-14(19-18-15)7-4-11(2)8-9-16/h11-13H,3-10,16H2,1-2H3. The summed E-state index contributed by atoms with van der Waals surface area (Å²) in [6.45, 7) is 5.26. The molecule has 1 aromatic heterocycles. The van der Waals surface area contributed by atoms with Crippen LogP contribution in [0.5, 0.6) is 0 Å². The normalized spacial score (nSPS) is 24.8. The molecule has 19 heavy (non-hydrogen) atoms. The number of hydrogen-bond donors (Lipinski definition) is 1. The summed E-state index contributed by atoms with van der Waals surface area (Å²) >= 11 is 0. The molecule has 1 fully saturated rings. The van der Waals surface area contributed by atoms with Gasteiger partial charge in [-0.3, -0.25) is 0 Å². The maximum atomic E-state index is 5.56. The van der Waals surface area contributed by atoms with Crippen LogP contribution in [-0.4, -0.2) is 16.7 Å². The third-order valence-corrected chi connectivity index (χ3v) is 4.48. The molecule has 3 atom stereocenters. The predicted molar refractivity (Wildman–Crippen MR) is 75.8 cm³/mol. The van der Waals surface area contributed by atoms with Crippen LogP contribution in [0.15, 0.2) is 4.52 Å². The van der Waals surface area contributed by atoms with Gasteiger partial charge in [0.1, 0.15) is 0 Å². The van der Waals surface area contributed by atoms with Gasteiger partial charge in [0.25, 0.3) is 0 Å². The minimum Gasteiger partial charge on any atom is -0.339 e. The zero-order valence-electron chi connectivity index (χ0n) is 12.3. The van der Waals surface area contributed by atoms with Crippen LogP contribution in [0.25, 0.3) is 0 Å². The highest BCUT2D eigenvalue weighted by molar-refractivity contribution is 4.99. The molecule has 1 aliphatic carbocycles. The van der Waals surface area contributed by atoms with E-state index in [9.17, 15) is 0 Å². The summed E-state index contributed by atoms with van der Waals surface area (Å²) in [5.74, 6) is 3.77. The van der Waals surface area contributed by atoms with Crippen molar-refractivity contribution in [3.8, 4) is 0 Å². The Morgan fingerprint density at radius 1 is 1.37 bits per heavy atom. The third kappa shape index (κ3) is 4.03. The van der Waals surface area contributed by atoms with Crippen molar-refractivity contribution in [1.29, 1.82) is 0 Å². The smallest absolute Gasteiger partial charge is 0.226 e. The van der Waals surface area contributed by atoms with Crippen LogP contribution in [-0.2, 0) is 6.42 Å². The largest absolute Gasteiger partial charge is 0.339 e. The average molecular weight is 265 g/mol. The molecule has 0 bridgehead atoms. The first-order valence-corrected chi connectivity index (χ1v) is 7.75. The summed E-state index contributed by atoms with van der Waals surface area (Å²) in [5.41, 5.74) is 5.56. The van der Waals surface area contributed by atoms with Crippen LogP contribution in [0.2, 0.25) is 0 Å². The number of nitrogens with two attached hydrogens (primary N) is 1. The van der Waals surface area contributed by atoms with Gasteiger partial charge >= 0.3 is 0 Å². The third-order valence-electron chi connectivity index (χ3n) is 4.48. The van der Waals surface area contributed by atoms with E-state index in [1.54, 1.807) is 0 Å². The lowest BCUT2D eigenvalue weighted by Gasteiger charge is -2.06. The monoisotopic (exact) mass is 265 g/mol. The SMILES string of the molecule is CCC1CCC(c2noc(CCC(C)CCN)n2)C1. The second-order valence-electron chi connectivity index (χ2n) is 6.05. The second kappa shape index (κ2) is 7.04. The maximum absolute atomic E-state index is 5.56. The van der Waals surface area contributed by atoms with E-state index in [0.717, 1.165) is 43.4 Å². The molecular weight excluding hydrogens is 238 g/mol. The van der Waals surface area contributed by atoms with Crippen molar-refractivity contribution in [3.05, 3.63) is 11.7 Å². The molecule has 1 saturated carbocycles. The predicted octanol–water partition coefficient (Wildman–Crippen LogP) is 3.28. The molecule has 0 amide bonds. The van der Waals surface area contributed by atoms with Gasteiger partial charge in [0, 0.05) is 12.3 Å². The number of aryl methyl sites for hydroxylation is 1. The van der Waals surface area contributed by atoms with Gasteiger partial charge in [-0.15, -0.1) is 0 Å².